The highest BCUT2D eigenvalue weighted by Gasteiger charge is 2.69. The van der Waals surface area contributed by atoms with Gasteiger partial charge in [0.2, 0.25) is 0 Å². The number of unbranched alkanes of at least 4 members (excludes halogenated alkanes) is 2. The molecule has 0 amide bonds. The molecule has 0 aromatic carbocycles. The Kier molecular flexibility index (Phi) is 7.80. The van der Waals surface area contributed by atoms with Crippen LogP contribution >= 0.6 is 0 Å². The maximum Gasteiger partial charge on any atom is 0.320 e. The summed E-state index contributed by atoms with van der Waals surface area (Å²) in [5, 5.41) is 31.7. The molecule has 10 heteroatoms. The highest BCUT2D eigenvalue weighted by molar-refractivity contribution is 5.84. The molecule has 3 aliphatic heterocycles. The molecule has 0 radical (unpaired) electrons. The standard InChI is InChI=1S/C27H36N4O6/c1-3-4-5-12-20(23(32)33)31-16-26(24(34)35)15-27(17-31,25(36)37)22(19-11-7-9-14-29-19)30(2)21(26)18-10-6-8-13-28-18/h6,8,10-11,13-14,20-22H,3-5,7,9,12,15-17H2,1-2H3,(H,32,33)(H,34,35)(H,36,37). The van der Waals surface area contributed by atoms with Crippen LogP contribution in [0.2, 0.25) is 0 Å². The van der Waals surface area contributed by atoms with Crippen molar-refractivity contribution in [2.75, 3.05) is 20.1 Å². The average Bonchev–Trinajstić information content (AvgIpc) is 2.87. The number of hydrogen-bond donors (Lipinski definition) is 3. The van der Waals surface area contributed by atoms with Gasteiger partial charge in [0.15, 0.2) is 0 Å². The lowest BCUT2D eigenvalue weighted by Crippen LogP contribution is -2.73. The number of rotatable bonds is 10. The second kappa shape index (κ2) is 10.7. The predicted octanol–water partition coefficient (Wildman–Crippen LogP) is 3.07. The largest absolute Gasteiger partial charge is 0.481 e. The quantitative estimate of drug-likeness (QED) is 0.403. The summed E-state index contributed by atoms with van der Waals surface area (Å²) < 4.78 is 0. The van der Waals surface area contributed by atoms with Crippen molar-refractivity contribution in [3.05, 3.63) is 41.9 Å². The fourth-order valence-electron chi connectivity index (χ4n) is 6.77. The van der Waals surface area contributed by atoms with Gasteiger partial charge in [-0.15, -0.1) is 0 Å². The molecule has 4 heterocycles. The van der Waals surface area contributed by atoms with Gasteiger partial charge in [-0.3, -0.25) is 34.2 Å². The number of carbonyl (C=O) groups is 3. The van der Waals surface area contributed by atoms with E-state index in [9.17, 15) is 29.7 Å². The molecule has 37 heavy (non-hydrogen) atoms. The first-order valence-corrected chi connectivity index (χ1v) is 13.0. The van der Waals surface area contributed by atoms with E-state index in [0.717, 1.165) is 19.3 Å². The topological polar surface area (TPSA) is 144 Å². The zero-order valence-electron chi connectivity index (χ0n) is 21.4. The summed E-state index contributed by atoms with van der Waals surface area (Å²) in [4.78, 5) is 51.3. The normalized spacial score (nSPS) is 30.9. The molecular formula is C27H36N4O6. The molecule has 10 nitrogen and oxygen atoms in total. The summed E-state index contributed by atoms with van der Waals surface area (Å²) in [5.74, 6) is -3.35. The van der Waals surface area contributed by atoms with Gasteiger partial charge < -0.3 is 15.3 Å². The fraction of sp³-hybridized carbons (Fsp3) is 0.593. The number of nitrogens with zero attached hydrogens (tertiary/aromatic N) is 4. The third-order valence-electron chi connectivity index (χ3n) is 8.26. The van der Waals surface area contributed by atoms with E-state index in [0.29, 0.717) is 30.7 Å². The number of carboxylic acid groups (broad SMARTS) is 3. The van der Waals surface area contributed by atoms with Crippen molar-refractivity contribution >= 4 is 24.1 Å². The third kappa shape index (κ3) is 4.68. The average molecular weight is 513 g/mol. The molecule has 0 aliphatic carbocycles. The van der Waals surface area contributed by atoms with Crippen molar-refractivity contribution in [2.24, 2.45) is 15.8 Å². The number of aliphatic imine (C=N–C) groups is 1. The van der Waals surface area contributed by atoms with Gasteiger partial charge in [-0.2, -0.15) is 0 Å². The number of aliphatic carboxylic acids is 3. The van der Waals surface area contributed by atoms with Gasteiger partial charge >= 0.3 is 17.9 Å². The Bertz CT molecular complexity index is 1090. The van der Waals surface area contributed by atoms with Gasteiger partial charge in [-0.05, 0) is 44.9 Å². The lowest BCUT2D eigenvalue weighted by atomic mass is 9.55. The zero-order chi connectivity index (χ0) is 26.8. The SMILES string of the molecule is CCCCCC(C(=O)O)N1CC2(C(=O)O)CC(C(=O)O)(C1)C(c1ccccn1)N(C)C2C1=CCCC=N1. The van der Waals surface area contributed by atoms with Crippen LogP contribution in [0.1, 0.15) is 63.6 Å². The van der Waals surface area contributed by atoms with Gasteiger partial charge in [-0.25, -0.2) is 0 Å². The van der Waals surface area contributed by atoms with Crippen molar-refractivity contribution in [3.63, 3.8) is 0 Å². The molecule has 3 aliphatic rings. The van der Waals surface area contributed by atoms with Crippen LogP contribution in [0.25, 0.3) is 0 Å². The van der Waals surface area contributed by atoms with Crippen LogP contribution in [0, 0.1) is 10.8 Å². The van der Waals surface area contributed by atoms with E-state index in [-0.39, 0.29) is 19.5 Å². The van der Waals surface area contributed by atoms with Crippen LogP contribution in [0.5, 0.6) is 0 Å². The van der Waals surface area contributed by atoms with Crippen LogP contribution in [0.3, 0.4) is 0 Å². The first kappa shape index (κ1) is 26.9. The predicted molar refractivity (Wildman–Crippen MR) is 136 cm³/mol. The zero-order valence-corrected chi connectivity index (χ0v) is 21.4. The molecule has 2 fully saturated rings. The number of fused-ring (bicyclic) bond motifs is 2. The van der Waals surface area contributed by atoms with E-state index >= 15 is 0 Å². The second-order valence-corrected chi connectivity index (χ2v) is 10.6. The van der Waals surface area contributed by atoms with Gasteiger partial charge in [0.1, 0.15) is 16.9 Å². The second-order valence-electron chi connectivity index (χ2n) is 10.6. The van der Waals surface area contributed by atoms with E-state index < -0.39 is 46.9 Å². The van der Waals surface area contributed by atoms with E-state index in [1.54, 1.807) is 42.6 Å². The van der Waals surface area contributed by atoms with Crippen molar-refractivity contribution in [2.45, 2.75) is 70.0 Å². The Labute approximate surface area is 216 Å². The Morgan fingerprint density at radius 2 is 1.76 bits per heavy atom. The molecule has 0 spiro atoms. The number of allylic oxidation sites excluding steroid dienone is 1. The molecule has 5 atom stereocenters. The summed E-state index contributed by atoms with van der Waals surface area (Å²) in [6.45, 7) is 1.87. The van der Waals surface area contributed by atoms with Crippen molar-refractivity contribution in [1.29, 1.82) is 0 Å². The van der Waals surface area contributed by atoms with Crippen LogP contribution < -0.4 is 0 Å². The molecule has 1 aromatic rings. The molecule has 2 saturated heterocycles. The molecule has 200 valence electrons. The van der Waals surface area contributed by atoms with Gasteiger partial charge in [0, 0.05) is 25.5 Å². The number of likely N-dealkylation sites (tertiary alicyclic amines) is 2. The Morgan fingerprint density at radius 3 is 2.30 bits per heavy atom. The smallest absolute Gasteiger partial charge is 0.320 e. The first-order valence-electron chi connectivity index (χ1n) is 13.0. The molecular weight excluding hydrogens is 476 g/mol. The lowest BCUT2D eigenvalue weighted by molar-refractivity contribution is -0.203. The highest BCUT2D eigenvalue weighted by atomic mass is 16.4. The van der Waals surface area contributed by atoms with E-state index in [1.807, 2.05) is 17.9 Å². The lowest BCUT2D eigenvalue weighted by Gasteiger charge is -2.62. The molecule has 0 saturated carbocycles. The van der Waals surface area contributed by atoms with Crippen LogP contribution in [-0.4, -0.2) is 86.4 Å². The van der Waals surface area contributed by atoms with E-state index in [2.05, 4.69) is 9.98 Å². The Hall–Kier alpha value is -3.11. The number of likely N-dealkylation sites (N-methyl/N-ethyl adjacent to an activating group) is 1. The molecule has 3 N–H and O–H groups in total. The van der Waals surface area contributed by atoms with Gasteiger partial charge in [-0.1, -0.05) is 38.3 Å². The summed E-state index contributed by atoms with van der Waals surface area (Å²) in [5.41, 5.74) is -2.07. The number of carboxylic acids is 3. The van der Waals surface area contributed by atoms with Crippen molar-refractivity contribution < 1.29 is 29.7 Å². The summed E-state index contributed by atoms with van der Waals surface area (Å²) in [6.07, 6.45) is 9.31. The minimum absolute atomic E-state index is 0.0722. The van der Waals surface area contributed by atoms with Crippen LogP contribution in [0.15, 0.2) is 41.2 Å². The number of pyridine rings is 1. The Morgan fingerprint density at radius 1 is 1.05 bits per heavy atom. The van der Waals surface area contributed by atoms with Crippen LogP contribution in [0.4, 0.5) is 0 Å². The van der Waals surface area contributed by atoms with Crippen LogP contribution in [-0.2, 0) is 14.4 Å². The van der Waals surface area contributed by atoms with Crippen molar-refractivity contribution in [3.8, 4) is 0 Å². The van der Waals surface area contributed by atoms with Gasteiger partial charge in [0.05, 0.1) is 23.5 Å². The minimum Gasteiger partial charge on any atom is -0.481 e. The molecule has 5 unspecified atom stereocenters. The summed E-state index contributed by atoms with van der Waals surface area (Å²) >= 11 is 0. The number of aromatic nitrogens is 1. The first-order chi connectivity index (χ1) is 17.7. The molecule has 2 bridgehead atoms. The maximum absolute atomic E-state index is 13.2. The summed E-state index contributed by atoms with van der Waals surface area (Å²) in [7, 11) is 1.75. The Balaban J connectivity index is 1.92. The fourth-order valence-corrected chi connectivity index (χ4v) is 6.77. The van der Waals surface area contributed by atoms with Gasteiger partial charge in [0.25, 0.3) is 0 Å². The van der Waals surface area contributed by atoms with E-state index in [4.69, 9.17) is 0 Å². The number of piperidine rings is 2. The highest BCUT2D eigenvalue weighted by Crippen LogP contribution is 2.59. The maximum atomic E-state index is 13.2. The van der Waals surface area contributed by atoms with E-state index in [1.165, 1.54) is 0 Å². The monoisotopic (exact) mass is 512 g/mol. The summed E-state index contributed by atoms with van der Waals surface area (Å²) in [6, 6.07) is 2.76. The van der Waals surface area contributed by atoms with Crippen molar-refractivity contribution in [1.82, 2.24) is 14.8 Å². The number of hydrogen-bond acceptors (Lipinski definition) is 7. The third-order valence-corrected chi connectivity index (χ3v) is 8.26. The molecule has 4 rings (SSSR count). The minimum atomic E-state index is -1.59. The molecule has 1 aromatic heterocycles.